The molecule has 1 heterocycles. The molecule has 8 heteroatoms. The molecule has 2 amide bonds. The predicted molar refractivity (Wildman–Crippen MR) is 126 cm³/mol. The lowest BCUT2D eigenvalue weighted by Gasteiger charge is -2.13. The molecule has 0 saturated heterocycles. The lowest BCUT2D eigenvalue weighted by Crippen LogP contribution is -2.30. The first-order valence-electron chi connectivity index (χ1n) is 9.86. The third-order valence-electron chi connectivity index (χ3n) is 4.39. The lowest BCUT2D eigenvalue weighted by atomic mass is 10.1. The third-order valence-corrected chi connectivity index (χ3v) is 5.21. The van der Waals surface area contributed by atoms with E-state index in [9.17, 15) is 9.59 Å². The minimum atomic E-state index is -0.449. The number of anilines is 1. The van der Waals surface area contributed by atoms with Gasteiger partial charge in [0.05, 0.1) is 20.8 Å². The van der Waals surface area contributed by atoms with Crippen LogP contribution in [0.4, 0.5) is 5.69 Å². The van der Waals surface area contributed by atoms with Crippen LogP contribution in [0, 0.1) is 0 Å². The van der Waals surface area contributed by atoms with Crippen LogP contribution in [0.3, 0.4) is 0 Å². The van der Waals surface area contributed by atoms with Crippen molar-refractivity contribution in [2.45, 2.75) is 6.92 Å². The molecule has 1 aromatic heterocycles. The first kappa shape index (κ1) is 22.9. The number of nitrogens with one attached hydrogen (secondary N) is 2. The average Bonchev–Trinajstić information content (AvgIpc) is 3.32. The van der Waals surface area contributed by atoms with Gasteiger partial charge < -0.3 is 24.8 Å². The van der Waals surface area contributed by atoms with Crippen LogP contribution >= 0.6 is 11.3 Å². The molecule has 0 spiro atoms. The van der Waals surface area contributed by atoms with Gasteiger partial charge in [0.2, 0.25) is 0 Å². The zero-order chi connectivity index (χ0) is 22.9. The van der Waals surface area contributed by atoms with E-state index in [1.54, 1.807) is 48.5 Å². The van der Waals surface area contributed by atoms with Crippen molar-refractivity contribution in [2.24, 2.45) is 0 Å². The summed E-state index contributed by atoms with van der Waals surface area (Å²) in [7, 11) is 3.01. The molecule has 3 aromatic rings. The van der Waals surface area contributed by atoms with E-state index in [4.69, 9.17) is 14.2 Å². The maximum Gasteiger partial charge on any atom is 0.272 e. The van der Waals surface area contributed by atoms with E-state index in [1.807, 2.05) is 24.4 Å². The van der Waals surface area contributed by atoms with Crippen molar-refractivity contribution < 1.29 is 23.8 Å². The Bertz CT molecular complexity index is 1090. The summed E-state index contributed by atoms with van der Waals surface area (Å²) < 4.78 is 15.9. The van der Waals surface area contributed by atoms with Gasteiger partial charge in [-0.05, 0) is 66.9 Å². The summed E-state index contributed by atoms with van der Waals surface area (Å²) in [6.07, 6.45) is 1.63. The monoisotopic (exact) mass is 452 g/mol. The van der Waals surface area contributed by atoms with Gasteiger partial charge in [-0.25, -0.2) is 0 Å². The molecule has 0 radical (unpaired) electrons. The average molecular weight is 453 g/mol. The van der Waals surface area contributed by atoms with Gasteiger partial charge in [0.15, 0.2) is 11.5 Å². The Morgan fingerprint density at radius 1 is 1.00 bits per heavy atom. The first-order valence-corrected chi connectivity index (χ1v) is 10.7. The fourth-order valence-corrected chi connectivity index (χ4v) is 3.50. The number of thiophene rings is 1. The van der Waals surface area contributed by atoms with Gasteiger partial charge in [0.1, 0.15) is 11.4 Å². The highest BCUT2D eigenvalue weighted by atomic mass is 32.1. The SMILES string of the molecule is CCOc1ccc(NC(=O)/C(=C/c2cccs2)NC(=O)c2ccc(OC)c(OC)c2)cc1. The molecule has 2 aromatic carbocycles. The van der Waals surface area contributed by atoms with E-state index < -0.39 is 11.8 Å². The Morgan fingerprint density at radius 2 is 1.75 bits per heavy atom. The van der Waals surface area contributed by atoms with Gasteiger partial charge in [-0.2, -0.15) is 0 Å². The molecule has 0 atom stereocenters. The maximum atomic E-state index is 13.0. The van der Waals surface area contributed by atoms with Crippen molar-refractivity contribution >= 4 is 34.9 Å². The second kappa shape index (κ2) is 11.0. The predicted octanol–water partition coefficient (Wildman–Crippen LogP) is 4.57. The van der Waals surface area contributed by atoms with Crippen molar-refractivity contribution in [3.05, 3.63) is 76.1 Å². The Balaban J connectivity index is 1.81. The summed E-state index contributed by atoms with van der Waals surface area (Å²) in [5, 5.41) is 7.40. The molecule has 0 bridgehead atoms. The van der Waals surface area contributed by atoms with Gasteiger partial charge >= 0.3 is 0 Å². The van der Waals surface area contributed by atoms with Crippen molar-refractivity contribution in [1.29, 1.82) is 0 Å². The first-order chi connectivity index (χ1) is 15.5. The Hall–Kier alpha value is -3.78. The Labute approximate surface area is 190 Å². The van der Waals surface area contributed by atoms with E-state index >= 15 is 0 Å². The van der Waals surface area contributed by atoms with Crippen molar-refractivity contribution in [2.75, 3.05) is 26.1 Å². The summed E-state index contributed by atoms with van der Waals surface area (Å²) in [5.41, 5.74) is 1.02. The fourth-order valence-electron chi connectivity index (χ4n) is 2.85. The Morgan fingerprint density at radius 3 is 2.38 bits per heavy atom. The van der Waals surface area contributed by atoms with Crippen LogP contribution in [0.1, 0.15) is 22.2 Å². The molecule has 0 aliphatic heterocycles. The maximum absolute atomic E-state index is 13.0. The molecule has 32 heavy (non-hydrogen) atoms. The number of amides is 2. The van der Waals surface area contributed by atoms with Crippen LogP contribution in [0.5, 0.6) is 17.2 Å². The lowest BCUT2D eigenvalue weighted by molar-refractivity contribution is -0.113. The summed E-state index contributed by atoms with van der Waals surface area (Å²) in [5.74, 6) is 0.739. The highest BCUT2D eigenvalue weighted by Gasteiger charge is 2.17. The molecule has 2 N–H and O–H groups in total. The fraction of sp³-hybridized carbons (Fsp3) is 0.167. The van der Waals surface area contributed by atoms with Crippen LogP contribution in [-0.2, 0) is 4.79 Å². The second-order valence-corrected chi connectivity index (χ2v) is 7.49. The van der Waals surface area contributed by atoms with Gasteiger partial charge in [-0.1, -0.05) is 6.07 Å². The van der Waals surface area contributed by atoms with Gasteiger partial charge in [0, 0.05) is 16.1 Å². The second-order valence-electron chi connectivity index (χ2n) is 6.51. The zero-order valence-electron chi connectivity index (χ0n) is 18.0. The standard InChI is InChI=1S/C24H24N2O5S/c1-4-31-18-10-8-17(9-11-18)25-24(28)20(15-19-6-5-13-32-19)26-23(27)16-7-12-21(29-2)22(14-16)30-3/h5-15H,4H2,1-3H3,(H,25,28)(H,26,27)/b20-15-. The van der Waals surface area contributed by atoms with E-state index in [1.165, 1.54) is 25.6 Å². The number of hydrogen-bond acceptors (Lipinski definition) is 6. The normalized spacial score (nSPS) is 10.9. The van der Waals surface area contributed by atoms with Crippen LogP contribution in [0.2, 0.25) is 0 Å². The molecular weight excluding hydrogens is 428 g/mol. The minimum Gasteiger partial charge on any atom is -0.494 e. The quantitative estimate of drug-likeness (QED) is 0.465. The molecule has 0 aliphatic carbocycles. The molecule has 3 rings (SSSR count). The molecular formula is C24H24N2O5S. The number of ether oxygens (including phenoxy) is 3. The number of methoxy groups -OCH3 is 2. The molecule has 7 nitrogen and oxygen atoms in total. The van der Waals surface area contributed by atoms with E-state index in [0.29, 0.717) is 35.1 Å². The van der Waals surface area contributed by atoms with Crippen LogP contribution < -0.4 is 24.8 Å². The van der Waals surface area contributed by atoms with E-state index in [2.05, 4.69) is 10.6 Å². The van der Waals surface area contributed by atoms with Gasteiger partial charge in [-0.3, -0.25) is 9.59 Å². The smallest absolute Gasteiger partial charge is 0.272 e. The van der Waals surface area contributed by atoms with Crippen LogP contribution in [0.15, 0.2) is 65.7 Å². The summed E-state index contributed by atoms with van der Waals surface area (Å²) in [4.78, 5) is 26.7. The number of hydrogen-bond donors (Lipinski definition) is 2. The zero-order valence-corrected chi connectivity index (χ0v) is 18.8. The number of carbonyl (C=O) groups excluding carboxylic acids is 2. The highest BCUT2D eigenvalue weighted by Crippen LogP contribution is 2.27. The van der Waals surface area contributed by atoms with Crippen molar-refractivity contribution in [1.82, 2.24) is 5.32 Å². The largest absolute Gasteiger partial charge is 0.494 e. The molecule has 0 fully saturated rings. The Kier molecular flexibility index (Phi) is 7.88. The van der Waals surface area contributed by atoms with Crippen LogP contribution in [-0.4, -0.2) is 32.6 Å². The third kappa shape index (κ3) is 5.89. The van der Waals surface area contributed by atoms with Crippen molar-refractivity contribution in [3.8, 4) is 17.2 Å². The van der Waals surface area contributed by atoms with Gasteiger partial charge in [0.25, 0.3) is 11.8 Å². The molecule has 166 valence electrons. The topological polar surface area (TPSA) is 85.9 Å². The molecule has 0 saturated carbocycles. The summed E-state index contributed by atoms with van der Waals surface area (Å²) in [6.45, 7) is 2.46. The summed E-state index contributed by atoms with van der Waals surface area (Å²) >= 11 is 1.46. The van der Waals surface area contributed by atoms with E-state index in [0.717, 1.165) is 4.88 Å². The van der Waals surface area contributed by atoms with Crippen molar-refractivity contribution in [3.63, 3.8) is 0 Å². The van der Waals surface area contributed by atoms with E-state index in [-0.39, 0.29) is 5.70 Å². The van der Waals surface area contributed by atoms with Gasteiger partial charge in [-0.15, -0.1) is 11.3 Å². The number of rotatable bonds is 9. The minimum absolute atomic E-state index is 0.112. The molecule has 0 unspecified atom stereocenters. The highest BCUT2D eigenvalue weighted by molar-refractivity contribution is 7.10. The molecule has 0 aliphatic rings. The number of carbonyl (C=O) groups is 2. The number of benzene rings is 2. The van der Waals surface area contributed by atoms with Crippen LogP contribution in [0.25, 0.3) is 6.08 Å². The summed E-state index contributed by atoms with van der Waals surface area (Å²) in [6, 6.07) is 15.5.